The quantitative estimate of drug-likeness (QED) is 0.607. The molecular weight excluding hydrogens is 338 g/mol. The van der Waals surface area contributed by atoms with Gasteiger partial charge >= 0.3 is 0 Å². The Balaban J connectivity index is 1.61. The summed E-state index contributed by atoms with van der Waals surface area (Å²) in [7, 11) is 0. The van der Waals surface area contributed by atoms with Crippen molar-refractivity contribution in [2.24, 2.45) is 0 Å². The minimum atomic E-state index is 0.220. The van der Waals surface area contributed by atoms with Crippen molar-refractivity contribution < 1.29 is 9.84 Å². The summed E-state index contributed by atoms with van der Waals surface area (Å²) in [6.07, 6.45) is 6.02. The average molecular weight is 361 g/mol. The number of pyridine rings is 1. The maximum Gasteiger partial charge on any atom is 0.151 e. The molecule has 0 bridgehead atoms. The SMILES string of the molecule is Oc1ccc(Oc2cc(-c3cccnc3)ccc2NCC2CCCN2)cc1. The van der Waals surface area contributed by atoms with Crippen molar-refractivity contribution >= 4 is 5.69 Å². The first kappa shape index (κ1) is 17.4. The van der Waals surface area contributed by atoms with Crippen LogP contribution in [0.1, 0.15) is 12.8 Å². The number of hydrogen-bond acceptors (Lipinski definition) is 5. The molecule has 138 valence electrons. The van der Waals surface area contributed by atoms with Crippen LogP contribution in [0.2, 0.25) is 0 Å². The van der Waals surface area contributed by atoms with Crippen molar-refractivity contribution in [1.82, 2.24) is 10.3 Å². The fraction of sp³-hybridized carbons (Fsp3) is 0.227. The first-order valence-electron chi connectivity index (χ1n) is 9.26. The largest absolute Gasteiger partial charge is 0.508 e. The maximum atomic E-state index is 9.49. The third-order valence-electron chi connectivity index (χ3n) is 4.74. The summed E-state index contributed by atoms with van der Waals surface area (Å²) in [5.41, 5.74) is 3.03. The summed E-state index contributed by atoms with van der Waals surface area (Å²) in [4.78, 5) is 4.20. The second-order valence-electron chi connectivity index (χ2n) is 6.72. The Kier molecular flexibility index (Phi) is 5.21. The molecule has 1 aliphatic heterocycles. The third-order valence-corrected chi connectivity index (χ3v) is 4.74. The van der Waals surface area contributed by atoms with E-state index in [1.807, 2.05) is 30.5 Å². The molecule has 2 aromatic carbocycles. The van der Waals surface area contributed by atoms with E-state index in [-0.39, 0.29) is 5.75 Å². The molecule has 1 saturated heterocycles. The molecule has 0 amide bonds. The van der Waals surface area contributed by atoms with Gasteiger partial charge in [-0.1, -0.05) is 12.1 Å². The summed E-state index contributed by atoms with van der Waals surface area (Å²) in [5.74, 6) is 1.65. The van der Waals surface area contributed by atoms with E-state index in [9.17, 15) is 5.11 Å². The monoisotopic (exact) mass is 361 g/mol. The molecule has 1 fully saturated rings. The number of ether oxygens (including phenoxy) is 1. The third kappa shape index (κ3) is 4.38. The average Bonchev–Trinajstić information content (AvgIpc) is 3.23. The first-order valence-corrected chi connectivity index (χ1v) is 9.26. The zero-order valence-electron chi connectivity index (χ0n) is 15.1. The Bertz CT molecular complexity index is 876. The number of aromatic nitrogens is 1. The predicted octanol–water partition coefficient (Wildman–Crippen LogP) is 4.41. The minimum absolute atomic E-state index is 0.220. The second kappa shape index (κ2) is 8.10. The molecule has 5 nitrogen and oxygen atoms in total. The molecule has 0 spiro atoms. The Morgan fingerprint density at radius 1 is 1.11 bits per heavy atom. The molecule has 0 aliphatic carbocycles. The zero-order valence-corrected chi connectivity index (χ0v) is 15.1. The highest BCUT2D eigenvalue weighted by Gasteiger charge is 2.15. The van der Waals surface area contributed by atoms with Gasteiger partial charge in [-0.25, -0.2) is 0 Å². The van der Waals surface area contributed by atoms with Crippen molar-refractivity contribution in [3.8, 4) is 28.4 Å². The zero-order chi connectivity index (χ0) is 18.5. The molecule has 27 heavy (non-hydrogen) atoms. The van der Waals surface area contributed by atoms with E-state index in [4.69, 9.17) is 4.74 Å². The molecule has 1 atom stereocenters. The van der Waals surface area contributed by atoms with Gasteiger partial charge in [0.2, 0.25) is 0 Å². The van der Waals surface area contributed by atoms with E-state index in [2.05, 4.69) is 21.7 Å². The van der Waals surface area contributed by atoms with E-state index < -0.39 is 0 Å². The van der Waals surface area contributed by atoms with Crippen molar-refractivity contribution in [2.45, 2.75) is 18.9 Å². The van der Waals surface area contributed by atoms with Gasteiger partial charge in [0, 0.05) is 30.5 Å². The van der Waals surface area contributed by atoms with Crippen LogP contribution in [0.25, 0.3) is 11.1 Å². The summed E-state index contributed by atoms with van der Waals surface area (Å²) in [6, 6.07) is 17.3. The van der Waals surface area contributed by atoms with Crippen LogP contribution in [0.4, 0.5) is 5.69 Å². The van der Waals surface area contributed by atoms with Gasteiger partial charge in [0.15, 0.2) is 5.75 Å². The number of rotatable bonds is 6. The van der Waals surface area contributed by atoms with Gasteiger partial charge in [0.05, 0.1) is 5.69 Å². The van der Waals surface area contributed by atoms with Crippen molar-refractivity contribution in [3.63, 3.8) is 0 Å². The lowest BCUT2D eigenvalue weighted by Crippen LogP contribution is -2.29. The van der Waals surface area contributed by atoms with Crippen LogP contribution in [-0.4, -0.2) is 29.2 Å². The van der Waals surface area contributed by atoms with Crippen LogP contribution >= 0.6 is 0 Å². The van der Waals surface area contributed by atoms with Gasteiger partial charge in [-0.3, -0.25) is 4.98 Å². The lowest BCUT2D eigenvalue weighted by atomic mass is 10.1. The minimum Gasteiger partial charge on any atom is -0.508 e. The standard InChI is InChI=1S/C22H23N3O2/c26-19-6-8-20(9-7-19)27-22-13-16(17-3-1-11-23-14-17)5-10-21(22)25-15-18-4-2-12-24-18/h1,3,5-11,13-14,18,24-26H,2,4,12,15H2. The molecular formula is C22H23N3O2. The number of hydrogen-bond donors (Lipinski definition) is 3. The van der Waals surface area contributed by atoms with E-state index in [1.54, 1.807) is 30.5 Å². The van der Waals surface area contributed by atoms with Crippen LogP contribution in [0.3, 0.4) is 0 Å². The van der Waals surface area contributed by atoms with E-state index in [1.165, 1.54) is 12.8 Å². The van der Waals surface area contributed by atoms with Crippen LogP contribution in [0.15, 0.2) is 67.0 Å². The number of nitrogens with one attached hydrogen (secondary N) is 2. The molecule has 2 heterocycles. The van der Waals surface area contributed by atoms with Gasteiger partial charge in [-0.2, -0.15) is 0 Å². The molecule has 0 saturated carbocycles. The molecule has 1 unspecified atom stereocenters. The Morgan fingerprint density at radius 3 is 2.74 bits per heavy atom. The first-order chi connectivity index (χ1) is 13.3. The normalized spacial score (nSPS) is 16.2. The Morgan fingerprint density at radius 2 is 2.00 bits per heavy atom. The highest BCUT2D eigenvalue weighted by molar-refractivity contribution is 5.71. The lowest BCUT2D eigenvalue weighted by Gasteiger charge is -2.17. The summed E-state index contributed by atoms with van der Waals surface area (Å²) in [6.45, 7) is 1.95. The summed E-state index contributed by atoms with van der Waals surface area (Å²) < 4.78 is 6.13. The summed E-state index contributed by atoms with van der Waals surface area (Å²) in [5, 5.41) is 16.5. The van der Waals surface area contributed by atoms with Gasteiger partial charge in [0.25, 0.3) is 0 Å². The van der Waals surface area contributed by atoms with E-state index in [0.29, 0.717) is 11.8 Å². The number of phenols is 1. The number of phenolic OH excluding ortho intramolecular Hbond substituents is 1. The van der Waals surface area contributed by atoms with Crippen molar-refractivity contribution in [3.05, 3.63) is 67.0 Å². The predicted molar refractivity (Wildman–Crippen MR) is 107 cm³/mol. The smallest absolute Gasteiger partial charge is 0.151 e. The highest BCUT2D eigenvalue weighted by Crippen LogP contribution is 2.34. The topological polar surface area (TPSA) is 66.4 Å². The molecule has 1 aromatic heterocycles. The fourth-order valence-electron chi connectivity index (χ4n) is 3.27. The number of anilines is 1. The van der Waals surface area contributed by atoms with Crippen LogP contribution in [0.5, 0.6) is 17.2 Å². The van der Waals surface area contributed by atoms with Crippen LogP contribution in [-0.2, 0) is 0 Å². The molecule has 1 aliphatic rings. The molecule has 3 aromatic rings. The number of benzene rings is 2. The van der Waals surface area contributed by atoms with Gasteiger partial charge in [-0.05, 0) is 67.4 Å². The molecule has 4 rings (SSSR count). The Labute approximate surface area is 159 Å². The van der Waals surface area contributed by atoms with Gasteiger partial charge in [0.1, 0.15) is 11.5 Å². The van der Waals surface area contributed by atoms with E-state index in [0.717, 1.165) is 35.7 Å². The van der Waals surface area contributed by atoms with Crippen molar-refractivity contribution in [2.75, 3.05) is 18.4 Å². The van der Waals surface area contributed by atoms with Gasteiger partial charge in [-0.15, -0.1) is 0 Å². The van der Waals surface area contributed by atoms with E-state index >= 15 is 0 Å². The van der Waals surface area contributed by atoms with Crippen LogP contribution < -0.4 is 15.4 Å². The van der Waals surface area contributed by atoms with Gasteiger partial charge < -0.3 is 20.5 Å². The summed E-state index contributed by atoms with van der Waals surface area (Å²) >= 11 is 0. The maximum absolute atomic E-state index is 9.49. The number of aromatic hydroxyl groups is 1. The molecule has 0 radical (unpaired) electrons. The molecule has 3 N–H and O–H groups in total. The fourth-order valence-corrected chi connectivity index (χ4v) is 3.27. The Hall–Kier alpha value is -3.05. The van der Waals surface area contributed by atoms with Crippen LogP contribution in [0, 0.1) is 0 Å². The highest BCUT2D eigenvalue weighted by atomic mass is 16.5. The van der Waals surface area contributed by atoms with Crippen molar-refractivity contribution in [1.29, 1.82) is 0 Å². The number of nitrogens with zero attached hydrogens (tertiary/aromatic N) is 1. The second-order valence-corrected chi connectivity index (χ2v) is 6.72. The molecule has 5 heteroatoms. The lowest BCUT2D eigenvalue weighted by molar-refractivity contribution is 0.465.